The second-order valence-electron chi connectivity index (χ2n) is 4.35. The zero-order chi connectivity index (χ0) is 9.23. The largest absolute Gasteiger partial charge is 1.00 e. The summed E-state index contributed by atoms with van der Waals surface area (Å²) in [4.78, 5) is 0. The topological polar surface area (TPSA) is 0 Å². The molecule has 0 amide bonds. The van der Waals surface area contributed by atoms with E-state index in [1.807, 2.05) is 0 Å². The maximum Gasteiger partial charge on any atom is 1.00 e. The standard InChI is InChI=1S/C9H22SSi.K/c1-7(2)11(10,8(3)4)9(5)6;/h7-10H,1-6H3;/q;+1. The monoisotopic (exact) mass is 229 g/mol. The first kappa shape index (κ1) is 16.6. The SMILES string of the molecule is CC(C)[Si](S)(C(C)C)C(C)C.[K+]. The van der Waals surface area contributed by atoms with Gasteiger partial charge in [0.1, 0.15) is 7.22 Å². The van der Waals surface area contributed by atoms with Crippen LogP contribution in [0.25, 0.3) is 0 Å². The summed E-state index contributed by atoms with van der Waals surface area (Å²) in [5, 5.41) is 0. The van der Waals surface area contributed by atoms with E-state index in [9.17, 15) is 0 Å². The molecule has 0 spiro atoms. The molecule has 0 N–H and O–H groups in total. The Morgan fingerprint density at radius 1 is 0.750 bits per heavy atom. The summed E-state index contributed by atoms with van der Waals surface area (Å²) < 4.78 is 0. The van der Waals surface area contributed by atoms with Crippen molar-refractivity contribution in [2.24, 2.45) is 0 Å². The Morgan fingerprint density at radius 2 is 0.917 bits per heavy atom. The minimum Gasteiger partial charge on any atom is -0.201 e. The van der Waals surface area contributed by atoms with Crippen molar-refractivity contribution in [3.05, 3.63) is 0 Å². The van der Waals surface area contributed by atoms with Gasteiger partial charge in [-0.25, -0.2) is 12.1 Å². The van der Waals surface area contributed by atoms with Crippen molar-refractivity contribution in [2.45, 2.75) is 58.2 Å². The van der Waals surface area contributed by atoms with Gasteiger partial charge >= 0.3 is 51.4 Å². The molecule has 0 bridgehead atoms. The Balaban J connectivity index is 0. The second-order valence-corrected chi connectivity index (χ2v) is 11.9. The van der Waals surface area contributed by atoms with Gasteiger partial charge in [0.2, 0.25) is 0 Å². The van der Waals surface area contributed by atoms with Gasteiger partial charge in [0, 0.05) is 0 Å². The first-order valence-corrected chi connectivity index (χ1v) is 8.07. The molecule has 0 saturated carbocycles. The maximum absolute atomic E-state index is 4.94. The molecule has 0 aromatic rings. The van der Waals surface area contributed by atoms with Gasteiger partial charge in [-0.15, -0.1) is 0 Å². The fourth-order valence-electron chi connectivity index (χ4n) is 2.00. The normalized spacial score (nSPS) is 12.5. The Morgan fingerprint density at radius 3 is 0.917 bits per heavy atom. The first-order chi connectivity index (χ1) is 4.83. The zero-order valence-corrected chi connectivity index (χ0v) is 14.7. The number of hydrogen-bond donors (Lipinski definition) is 1. The van der Waals surface area contributed by atoms with Crippen molar-refractivity contribution in [3.63, 3.8) is 0 Å². The zero-order valence-electron chi connectivity index (χ0n) is 9.68. The van der Waals surface area contributed by atoms with E-state index < -0.39 is 7.22 Å². The molecule has 0 aromatic heterocycles. The van der Waals surface area contributed by atoms with Crippen molar-refractivity contribution in [1.29, 1.82) is 0 Å². The molecule has 0 aliphatic heterocycles. The van der Waals surface area contributed by atoms with E-state index in [0.29, 0.717) is 0 Å². The molecule has 12 heavy (non-hydrogen) atoms. The van der Waals surface area contributed by atoms with Gasteiger partial charge in [0.25, 0.3) is 0 Å². The summed E-state index contributed by atoms with van der Waals surface area (Å²) in [6.07, 6.45) is 0. The van der Waals surface area contributed by atoms with Gasteiger partial charge < -0.3 is 0 Å². The fourth-order valence-corrected chi connectivity index (χ4v) is 6.00. The molecule has 3 heteroatoms. The first-order valence-electron chi connectivity index (χ1n) is 4.55. The predicted octanol–water partition coefficient (Wildman–Crippen LogP) is 1.10. The maximum atomic E-state index is 4.94. The third-order valence-corrected chi connectivity index (χ3v) is 13.0. The quantitative estimate of drug-likeness (QED) is 0.544. The molecule has 0 aliphatic carbocycles. The molecule has 68 valence electrons. The number of thiol groups is 1. The summed E-state index contributed by atoms with van der Waals surface area (Å²) in [6, 6.07) is 0. The van der Waals surface area contributed by atoms with Crippen LogP contribution in [-0.4, -0.2) is 7.22 Å². The molecule has 0 aromatic carbocycles. The average Bonchev–Trinajstić information content (AvgIpc) is 1.84. The van der Waals surface area contributed by atoms with E-state index in [2.05, 4.69) is 41.5 Å². The molecule has 0 saturated heterocycles. The van der Waals surface area contributed by atoms with Gasteiger partial charge in [-0.1, -0.05) is 41.5 Å². The van der Waals surface area contributed by atoms with Gasteiger partial charge in [0.05, 0.1) is 0 Å². The molecule has 0 unspecified atom stereocenters. The van der Waals surface area contributed by atoms with E-state index in [1.165, 1.54) is 0 Å². The van der Waals surface area contributed by atoms with E-state index in [1.54, 1.807) is 0 Å². The van der Waals surface area contributed by atoms with Gasteiger partial charge in [-0.05, 0) is 16.6 Å². The summed E-state index contributed by atoms with van der Waals surface area (Å²) in [6.45, 7) is 13.9. The average molecular weight is 230 g/mol. The van der Waals surface area contributed by atoms with Crippen molar-refractivity contribution >= 4 is 19.3 Å². The minimum absolute atomic E-state index is 0. The Hall–Kier alpha value is 2.20. The number of hydrogen-bond acceptors (Lipinski definition) is 1. The summed E-state index contributed by atoms with van der Waals surface area (Å²) in [7, 11) is -1.29. The van der Waals surface area contributed by atoms with Crippen LogP contribution in [0.15, 0.2) is 0 Å². The van der Waals surface area contributed by atoms with Gasteiger partial charge in [-0.2, -0.15) is 0 Å². The van der Waals surface area contributed by atoms with Crippen LogP contribution in [0, 0.1) is 0 Å². The third kappa shape index (κ3) is 3.75. The molecule has 0 nitrogen and oxygen atoms in total. The van der Waals surface area contributed by atoms with Gasteiger partial charge in [0.15, 0.2) is 0 Å². The van der Waals surface area contributed by atoms with Crippen LogP contribution in [-0.2, 0) is 0 Å². The van der Waals surface area contributed by atoms with Crippen LogP contribution in [0.3, 0.4) is 0 Å². The van der Waals surface area contributed by atoms with Gasteiger partial charge in [-0.3, -0.25) is 0 Å². The van der Waals surface area contributed by atoms with Crippen molar-refractivity contribution in [1.82, 2.24) is 0 Å². The van der Waals surface area contributed by atoms with E-state index in [-0.39, 0.29) is 51.4 Å². The minimum atomic E-state index is -1.29. The molecule has 0 rings (SSSR count). The molecule has 0 radical (unpaired) electrons. The molecular weight excluding hydrogens is 207 g/mol. The van der Waals surface area contributed by atoms with E-state index in [4.69, 9.17) is 12.1 Å². The Labute approximate surface area is 127 Å². The Kier molecular flexibility index (Phi) is 9.21. The van der Waals surface area contributed by atoms with Crippen LogP contribution in [0.2, 0.25) is 16.6 Å². The molecule has 0 atom stereocenters. The molecule has 0 fully saturated rings. The van der Waals surface area contributed by atoms with E-state index >= 15 is 0 Å². The number of rotatable bonds is 3. The third-order valence-electron chi connectivity index (χ3n) is 2.77. The summed E-state index contributed by atoms with van der Waals surface area (Å²) >= 11 is 4.94. The van der Waals surface area contributed by atoms with E-state index in [0.717, 1.165) is 16.6 Å². The fraction of sp³-hybridized carbons (Fsp3) is 1.00. The van der Waals surface area contributed by atoms with Crippen LogP contribution < -0.4 is 51.4 Å². The van der Waals surface area contributed by atoms with Crippen molar-refractivity contribution in [3.8, 4) is 0 Å². The Bertz CT molecular complexity index is 102. The van der Waals surface area contributed by atoms with Crippen LogP contribution in [0.1, 0.15) is 41.5 Å². The van der Waals surface area contributed by atoms with Crippen LogP contribution in [0.4, 0.5) is 0 Å². The predicted molar refractivity (Wildman–Crippen MR) is 60.0 cm³/mol. The molecule has 0 aliphatic rings. The van der Waals surface area contributed by atoms with Crippen LogP contribution in [0.5, 0.6) is 0 Å². The summed E-state index contributed by atoms with van der Waals surface area (Å²) in [5.74, 6) is 0. The molecule has 0 heterocycles. The smallest absolute Gasteiger partial charge is 0.201 e. The molecular formula is C9H22KSSi+. The van der Waals surface area contributed by atoms with Crippen LogP contribution >= 0.6 is 12.1 Å². The van der Waals surface area contributed by atoms with Crippen molar-refractivity contribution in [2.75, 3.05) is 0 Å². The second kappa shape index (κ2) is 6.64. The summed E-state index contributed by atoms with van der Waals surface area (Å²) in [5.41, 5.74) is 2.35. The van der Waals surface area contributed by atoms with Crippen molar-refractivity contribution < 1.29 is 51.4 Å².